The molecular formula is C13H21N3O. The first-order chi connectivity index (χ1) is 8.27. The van der Waals surface area contributed by atoms with Crippen molar-refractivity contribution in [3.8, 4) is 0 Å². The van der Waals surface area contributed by atoms with Crippen LogP contribution >= 0.6 is 0 Å². The Bertz CT molecular complexity index is 327. The normalized spacial score (nSPS) is 10.0. The number of unbranched alkanes of at least 4 members (excludes halogenated alkanes) is 1. The molecule has 0 saturated carbocycles. The SMILES string of the molecule is CCN(CCCCC(=O)NN)c1ccccc1. The van der Waals surface area contributed by atoms with Crippen LogP contribution in [-0.4, -0.2) is 19.0 Å². The zero-order valence-corrected chi connectivity index (χ0v) is 10.4. The van der Waals surface area contributed by atoms with Gasteiger partial charge in [0.25, 0.3) is 0 Å². The Balaban J connectivity index is 2.31. The molecule has 0 fully saturated rings. The number of hydrogen-bond acceptors (Lipinski definition) is 3. The second-order valence-corrected chi connectivity index (χ2v) is 3.94. The van der Waals surface area contributed by atoms with Crippen LogP contribution in [0.2, 0.25) is 0 Å². The summed E-state index contributed by atoms with van der Waals surface area (Å²) in [7, 11) is 0. The molecule has 17 heavy (non-hydrogen) atoms. The van der Waals surface area contributed by atoms with Crippen molar-refractivity contribution in [1.82, 2.24) is 5.43 Å². The summed E-state index contributed by atoms with van der Waals surface area (Å²) < 4.78 is 0. The van der Waals surface area contributed by atoms with E-state index in [1.807, 2.05) is 18.2 Å². The van der Waals surface area contributed by atoms with Crippen LogP contribution in [0.25, 0.3) is 0 Å². The maximum Gasteiger partial charge on any atom is 0.233 e. The second kappa shape index (κ2) is 7.68. The van der Waals surface area contributed by atoms with Crippen molar-refractivity contribution in [1.29, 1.82) is 0 Å². The minimum absolute atomic E-state index is 0.0900. The molecule has 0 radical (unpaired) electrons. The molecule has 0 atom stereocenters. The van der Waals surface area contributed by atoms with Crippen LogP contribution < -0.4 is 16.2 Å². The van der Waals surface area contributed by atoms with Crippen LogP contribution in [-0.2, 0) is 4.79 Å². The second-order valence-electron chi connectivity index (χ2n) is 3.94. The summed E-state index contributed by atoms with van der Waals surface area (Å²) in [5.41, 5.74) is 3.38. The lowest BCUT2D eigenvalue weighted by molar-refractivity contribution is -0.121. The van der Waals surface area contributed by atoms with Crippen molar-refractivity contribution in [2.24, 2.45) is 5.84 Å². The van der Waals surface area contributed by atoms with Crippen LogP contribution in [0.15, 0.2) is 30.3 Å². The number of nitrogens with zero attached hydrogens (tertiary/aromatic N) is 1. The lowest BCUT2D eigenvalue weighted by Crippen LogP contribution is -2.30. The molecule has 0 aliphatic carbocycles. The molecule has 1 rings (SSSR count). The van der Waals surface area contributed by atoms with Crippen LogP contribution in [0.5, 0.6) is 0 Å². The van der Waals surface area contributed by atoms with E-state index in [0.717, 1.165) is 25.9 Å². The van der Waals surface area contributed by atoms with Crippen LogP contribution in [0, 0.1) is 0 Å². The van der Waals surface area contributed by atoms with Gasteiger partial charge in [-0.1, -0.05) is 18.2 Å². The number of carbonyl (C=O) groups excluding carboxylic acids is 1. The highest BCUT2D eigenvalue weighted by atomic mass is 16.2. The van der Waals surface area contributed by atoms with Gasteiger partial charge >= 0.3 is 0 Å². The Kier molecular flexibility index (Phi) is 6.10. The Morgan fingerprint density at radius 1 is 1.29 bits per heavy atom. The third-order valence-corrected chi connectivity index (χ3v) is 2.75. The molecule has 0 aromatic heterocycles. The number of para-hydroxylation sites is 1. The third-order valence-electron chi connectivity index (χ3n) is 2.75. The summed E-state index contributed by atoms with van der Waals surface area (Å²) in [6.45, 7) is 4.09. The van der Waals surface area contributed by atoms with Crippen molar-refractivity contribution in [3.05, 3.63) is 30.3 Å². The Morgan fingerprint density at radius 3 is 2.59 bits per heavy atom. The van der Waals surface area contributed by atoms with Crippen LogP contribution in [0.4, 0.5) is 5.69 Å². The maximum absolute atomic E-state index is 10.9. The quantitative estimate of drug-likeness (QED) is 0.327. The fourth-order valence-corrected chi connectivity index (χ4v) is 1.77. The third kappa shape index (κ3) is 4.87. The van der Waals surface area contributed by atoms with Crippen LogP contribution in [0.3, 0.4) is 0 Å². The van der Waals surface area contributed by atoms with Crippen molar-refractivity contribution < 1.29 is 4.79 Å². The first kappa shape index (κ1) is 13.5. The number of amides is 1. The van der Waals surface area contributed by atoms with Crippen molar-refractivity contribution >= 4 is 11.6 Å². The lowest BCUT2D eigenvalue weighted by atomic mass is 10.2. The average Bonchev–Trinajstić information content (AvgIpc) is 2.39. The number of nitrogens with two attached hydrogens (primary N) is 1. The molecule has 0 aliphatic heterocycles. The number of anilines is 1. The predicted molar refractivity (Wildman–Crippen MR) is 70.5 cm³/mol. The van der Waals surface area contributed by atoms with Crippen LogP contribution in [0.1, 0.15) is 26.2 Å². The molecule has 1 aromatic carbocycles. The minimum Gasteiger partial charge on any atom is -0.372 e. The van der Waals surface area contributed by atoms with Crippen molar-refractivity contribution in [2.75, 3.05) is 18.0 Å². The molecule has 0 aliphatic rings. The number of rotatable bonds is 7. The molecule has 94 valence electrons. The van der Waals surface area contributed by atoms with E-state index >= 15 is 0 Å². The molecule has 3 N–H and O–H groups in total. The highest BCUT2D eigenvalue weighted by molar-refractivity contribution is 5.75. The summed E-state index contributed by atoms with van der Waals surface area (Å²) in [6, 6.07) is 10.3. The standard InChI is InChI=1S/C13H21N3O/c1-2-16(12-8-4-3-5-9-12)11-7-6-10-13(17)15-14/h3-5,8-9H,2,6-7,10-11,14H2,1H3,(H,15,17). The molecule has 1 amide bonds. The van der Waals surface area contributed by atoms with Gasteiger partial charge in [-0.3, -0.25) is 10.2 Å². The van der Waals surface area contributed by atoms with E-state index in [1.54, 1.807) is 0 Å². The fourth-order valence-electron chi connectivity index (χ4n) is 1.77. The zero-order valence-electron chi connectivity index (χ0n) is 10.4. The van der Waals surface area contributed by atoms with E-state index < -0.39 is 0 Å². The number of hydrazine groups is 1. The molecule has 4 nitrogen and oxygen atoms in total. The van der Waals surface area contributed by atoms with Gasteiger partial charge in [-0.2, -0.15) is 0 Å². The molecule has 0 bridgehead atoms. The van der Waals surface area contributed by atoms with Gasteiger partial charge in [0.2, 0.25) is 5.91 Å². The predicted octanol–water partition coefficient (Wildman–Crippen LogP) is 1.67. The Morgan fingerprint density at radius 2 is 2.00 bits per heavy atom. The van der Waals surface area contributed by atoms with Gasteiger partial charge in [-0.25, -0.2) is 5.84 Å². The van der Waals surface area contributed by atoms with E-state index in [4.69, 9.17) is 5.84 Å². The van der Waals surface area contributed by atoms with Gasteiger partial charge in [0.1, 0.15) is 0 Å². The smallest absolute Gasteiger partial charge is 0.233 e. The number of benzene rings is 1. The van der Waals surface area contributed by atoms with E-state index in [0.29, 0.717) is 6.42 Å². The highest BCUT2D eigenvalue weighted by Gasteiger charge is 2.04. The molecule has 0 saturated heterocycles. The highest BCUT2D eigenvalue weighted by Crippen LogP contribution is 2.13. The number of nitrogens with one attached hydrogen (secondary N) is 1. The van der Waals surface area contributed by atoms with Gasteiger partial charge in [-0.05, 0) is 31.9 Å². The van der Waals surface area contributed by atoms with E-state index in [2.05, 4.69) is 29.4 Å². The summed E-state index contributed by atoms with van der Waals surface area (Å²) in [5.74, 6) is 4.93. The van der Waals surface area contributed by atoms with Gasteiger partial charge < -0.3 is 4.90 Å². The summed E-state index contributed by atoms with van der Waals surface area (Å²) in [5, 5.41) is 0. The largest absolute Gasteiger partial charge is 0.372 e. The van der Waals surface area contributed by atoms with E-state index in [1.165, 1.54) is 5.69 Å². The molecule has 0 unspecified atom stereocenters. The Hall–Kier alpha value is -1.55. The summed E-state index contributed by atoms with van der Waals surface area (Å²) in [6.07, 6.45) is 2.37. The fraction of sp³-hybridized carbons (Fsp3) is 0.462. The number of carbonyl (C=O) groups is 1. The monoisotopic (exact) mass is 235 g/mol. The lowest BCUT2D eigenvalue weighted by Gasteiger charge is -2.22. The molecule has 4 heteroatoms. The molecular weight excluding hydrogens is 214 g/mol. The van der Waals surface area contributed by atoms with E-state index in [-0.39, 0.29) is 5.91 Å². The zero-order chi connectivity index (χ0) is 12.5. The summed E-state index contributed by atoms with van der Waals surface area (Å²) >= 11 is 0. The van der Waals surface area contributed by atoms with Crippen molar-refractivity contribution in [2.45, 2.75) is 26.2 Å². The first-order valence-corrected chi connectivity index (χ1v) is 6.07. The molecule has 1 aromatic rings. The maximum atomic E-state index is 10.9. The Labute approximate surface area is 103 Å². The first-order valence-electron chi connectivity index (χ1n) is 6.07. The molecule has 0 spiro atoms. The van der Waals surface area contributed by atoms with Crippen molar-refractivity contribution in [3.63, 3.8) is 0 Å². The molecule has 0 heterocycles. The van der Waals surface area contributed by atoms with Gasteiger partial charge in [-0.15, -0.1) is 0 Å². The minimum atomic E-state index is -0.0900. The van der Waals surface area contributed by atoms with Gasteiger partial charge in [0.05, 0.1) is 0 Å². The average molecular weight is 235 g/mol. The summed E-state index contributed by atoms with van der Waals surface area (Å²) in [4.78, 5) is 13.3. The van der Waals surface area contributed by atoms with Gasteiger partial charge in [0, 0.05) is 25.2 Å². The number of hydrogen-bond donors (Lipinski definition) is 2. The van der Waals surface area contributed by atoms with E-state index in [9.17, 15) is 4.79 Å². The van der Waals surface area contributed by atoms with Gasteiger partial charge in [0.15, 0.2) is 0 Å². The topological polar surface area (TPSA) is 58.4 Å².